The van der Waals surface area contributed by atoms with Crippen molar-refractivity contribution in [2.45, 2.75) is 6.54 Å². The Morgan fingerprint density at radius 2 is 2.42 bits per heavy atom. The summed E-state index contributed by atoms with van der Waals surface area (Å²) in [5.74, 6) is 0. The van der Waals surface area contributed by atoms with E-state index in [0.717, 1.165) is 19.7 Å². The van der Waals surface area contributed by atoms with E-state index < -0.39 is 0 Å². The highest BCUT2D eigenvalue weighted by Gasteiger charge is 1.94. The van der Waals surface area contributed by atoms with Crippen LogP contribution in [0, 0.1) is 0 Å². The molecule has 0 aliphatic rings. The molecule has 0 spiro atoms. The van der Waals surface area contributed by atoms with Crippen LogP contribution in [0.1, 0.15) is 5.69 Å². The smallest absolute Gasteiger partial charge is 0.0587 e. The summed E-state index contributed by atoms with van der Waals surface area (Å²) in [5.41, 5.74) is 1.30. The predicted octanol–water partition coefficient (Wildman–Crippen LogP) is 0.761. The maximum absolute atomic E-state index is 4.92. The summed E-state index contributed by atoms with van der Waals surface area (Å²) in [7, 11) is 3.76. The fourth-order valence-electron chi connectivity index (χ4n) is 1.07. The second-order valence-electron chi connectivity index (χ2n) is 2.78. The summed E-state index contributed by atoms with van der Waals surface area (Å²) in [6.07, 6.45) is 2.05. The first-order valence-corrected chi connectivity index (χ1v) is 4.14. The molecule has 0 fully saturated rings. The maximum atomic E-state index is 4.92. The van der Waals surface area contributed by atoms with Crippen molar-refractivity contribution in [3.8, 4) is 0 Å². The number of methoxy groups -OCH3 is 1. The van der Waals surface area contributed by atoms with Crippen molar-refractivity contribution in [3.63, 3.8) is 0 Å². The third-order valence-corrected chi connectivity index (χ3v) is 1.84. The second kappa shape index (κ2) is 4.95. The molecule has 0 aliphatic carbocycles. The van der Waals surface area contributed by atoms with Gasteiger partial charge in [-0.25, -0.2) is 0 Å². The molecule has 1 aromatic heterocycles. The van der Waals surface area contributed by atoms with Gasteiger partial charge >= 0.3 is 0 Å². The molecule has 0 saturated carbocycles. The molecule has 1 rings (SSSR count). The van der Waals surface area contributed by atoms with E-state index in [1.807, 2.05) is 19.3 Å². The molecule has 3 nitrogen and oxygen atoms in total. The van der Waals surface area contributed by atoms with Crippen molar-refractivity contribution in [1.82, 2.24) is 9.88 Å². The first-order chi connectivity index (χ1) is 5.84. The third-order valence-electron chi connectivity index (χ3n) is 1.84. The number of aryl methyl sites for hydroxylation is 1. The minimum atomic E-state index is 0.768. The molecular weight excluding hydrogens is 152 g/mol. The van der Waals surface area contributed by atoms with Crippen molar-refractivity contribution in [3.05, 3.63) is 24.0 Å². The zero-order valence-corrected chi connectivity index (χ0v) is 7.71. The van der Waals surface area contributed by atoms with E-state index in [4.69, 9.17) is 4.74 Å². The molecule has 0 saturated heterocycles. The molecule has 0 aromatic carbocycles. The minimum absolute atomic E-state index is 0.768. The number of ether oxygens (including phenoxy) is 1. The van der Waals surface area contributed by atoms with E-state index in [1.54, 1.807) is 7.11 Å². The molecule has 0 aliphatic heterocycles. The monoisotopic (exact) mass is 168 g/mol. The number of rotatable bonds is 5. The van der Waals surface area contributed by atoms with Gasteiger partial charge in [0.2, 0.25) is 0 Å². The van der Waals surface area contributed by atoms with Crippen molar-refractivity contribution in [1.29, 1.82) is 0 Å². The van der Waals surface area contributed by atoms with Crippen LogP contribution in [0.25, 0.3) is 0 Å². The van der Waals surface area contributed by atoms with Crippen LogP contribution in [-0.2, 0) is 18.3 Å². The van der Waals surface area contributed by atoms with E-state index in [0.29, 0.717) is 0 Å². The molecule has 1 heterocycles. The standard InChI is InChI=1S/C9H16N2O/c1-11-6-3-4-9(11)8-10-5-7-12-2/h3-4,6,10H,5,7-8H2,1-2H3. The lowest BCUT2D eigenvalue weighted by Gasteiger charge is -2.04. The Morgan fingerprint density at radius 3 is 3.00 bits per heavy atom. The Hall–Kier alpha value is -0.800. The zero-order valence-electron chi connectivity index (χ0n) is 7.71. The van der Waals surface area contributed by atoms with E-state index >= 15 is 0 Å². The largest absolute Gasteiger partial charge is 0.383 e. The SMILES string of the molecule is COCCNCc1cccn1C. The van der Waals surface area contributed by atoms with Crippen LogP contribution in [0.4, 0.5) is 0 Å². The lowest BCUT2D eigenvalue weighted by molar-refractivity contribution is 0.199. The molecule has 0 unspecified atom stereocenters. The van der Waals surface area contributed by atoms with Crippen molar-refractivity contribution >= 4 is 0 Å². The fourth-order valence-corrected chi connectivity index (χ4v) is 1.07. The first-order valence-electron chi connectivity index (χ1n) is 4.14. The highest BCUT2D eigenvalue weighted by molar-refractivity contribution is 5.05. The van der Waals surface area contributed by atoms with Crippen LogP contribution in [-0.4, -0.2) is 24.8 Å². The van der Waals surface area contributed by atoms with Crippen LogP contribution in [0.2, 0.25) is 0 Å². The summed E-state index contributed by atoms with van der Waals surface area (Å²) < 4.78 is 7.03. The predicted molar refractivity (Wildman–Crippen MR) is 49.0 cm³/mol. The van der Waals surface area contributed by atoms with Gasteiger partial charge in [-0.15, -0.1) is 0 Å². The van der Waals surface area contributed by atoms with Crippen LogP contribution in [0.15, 0.2) is 18.3 Å². The molecular formula is C9H16N2O. The summed E-state index contributed by atoms with van der Waals surface area (Å²) in [5, 5.41) is 3.28. The highest BCUT2D eigenvalue weighted by Crippen LogP contribution is 1.97. The van der Waals surface area contributed by atoms with Gasteiger partial charge < -0.3 is 14.6 Å². The third kappa shape index (κ3) is 2.68. The van der Waals surface area contributed by atoms with E-state index in [9.17, 15) is 0 Å². The van der Waals surface area contributed by atoms with E-state index in [2.05, 4.69) is 16.0 Å². The lowest BCUT2D eigenvalue weighted by Crippen LogP contribution is -2.19. The van der Waals surface area contributed by atoms with Gasteiger partial charge in [0.05, 0.1) is 6.61 Å². The van der Waals surface area contributed by atoms with E-state index in [-0.39, 0.29) is 0 Å². The van der Waals surface area contributed by atoms with Crippen LogP contribution < -0.4 is 5.32 Å². The normalized spacial score (nSPS) is 10.5. The molecule has 3 heteroatoms. The van der Waals surface area contributed by atoms with Gasteiger partial charge in [-0.2, -0.15) is 0 Å². The molecule has 1 N–H and O–H groups in total. The molecule has 0 atom stereocenters. The quantitative estimate of drug-likeness (QED) is 0.657. The van der Waals surface area contributed by atoms with Crippen LogP contribution in [0.5, 0.6) is 0 Å². The summed E-state index contributed by atoms with van der Waals surface area (Å²) in [6, 6.07) is 4.16. The van der Waals surface area contributed by atoms with Crippen LogP contribution >= 0.6 is 0 Å². The topological polar surface area (TPSA) is 26.2 Å². The van der Waals surface area contributed by atoms with Gasteiger partial charge in [-0.3, -0.25) is 0 Å². The summed E-state index contributed by atoms with van der Waals surface area (Å²) >= 11 is 0. The van der Waals surface area contributed by atoms with Crippen molar-refractivity contribution in [2.24, 2.45) is 7.05 Å². The number of hydrogen-bond acceptors (Lipinski definition) is 2. The minimum Gasteiger partial charge on any atom is -0.383 e. The molecule has 12 heavy (non-hydrogen) atoms. The van der Waals surface area contributed by atoms with Crippen molar-refractivity contribution < 1.29 is 4.74 Å². The van der Waals surface area contributed by atoms with Crippen LogP contribution in [0.3, 0.4) is 0 Å². The van der Waals surface area contributed by atoms with Gasteiger partial charge in [-0.05, 0) is 12.1 Å². The Bertz CT molecular complexity index is 220. The molecule has 68 valence electrons. The fraction of sp³-hybridized carbons (Fsp3) is 0.556. The number of aromatic nitrogens is 1. The van der Waals surface area contributed by atoms with Crippen molar-refractivity contribution in [2.75, 3.05) is 20.3 Å². The molecule has 0 bridgehead atoms. The first kappa shape index (κ1) is 9.29. The summed E-state index contributed by atoms with van der Waals surface area (Å²) in [4.78, 5) is 0. The Balaban J connectivity index is 2.20. The van der Waals surface area contributed by atoms with Gasteiger partial charge in [-0.1, -0.05) is 0 Å². The van der Waals surface area contributed by atoms with Gasteiger partial charge in [0.1, 0.15) is 0 Å². The average Bonchev–Trinajstić information content (AvgIpc) is 2.46. The Labute approximate surface area is 73.3 Å². The number of nitrogens with one attached hydrogen (secondary N) is 1. The van der Waals surface area contributed by atoms with Gasteiger partial charge in [0, 0.05) is 39.1 Å². The van der Waals surface area contributed by atoms with Gasteiger partial charge in [0.25, 0.3) is 0 Å². The number of hydrogen-bond donors (Lipinski definition) is 1. The lowest BCUT2D eigenvalue weighted by atomic mass is 10.4. The zero-order chi connectivity index (χ0) is 8.81. The van der Waals surface area contributed by atoms with E-state index in [1.165, 1.54) is 5.69 Å². The maximum Gasteiger partial charge on any atom is 0.0587 e. The molecule has 0 amide bonds. The highest BCUT2D eigenvalue weighted by atomic mass is 16.5. The molecule has 0 radical (unpaired) electrons. The second-order valence-corrected chi connectivity index (χ2v) is 2.78. The number of nitrogens with zero attached hydrogens (tertiary/aromatic N) is 1. The Kier molecular flexibility index (Phi) is 3.84. The van der Waals surface area contributed by atoms with Gasteiger partial charge in [0.15, 0.2) is 0 Å². The Morgan fingerprint density at radius 1 is 1.58 bits per heavy atom. The summed E-state index contributed by atoms with van der Waals surface area (Å²) in [6.45, 7) is 2.58. The molecule has 1 aromatic rings. The average molecular weight is 168 g/mol.